The SMILES string of the molecule is CC(C)c1oc2cc(O)ccc2c(=O)c1-c1ccc(F)cc1. The summed E-state index contributed by atoms with van der Waals surface area (Å²) in [4.78, 5) is 12.8. The summed E-state index contributed by atoms with van der Waals surface area (Å²) in [5.74, 6) is 0.180. The fourth-order valence-electron chi connectivity index (χ4n) is 2.50. The minimum atomic E-state index is -0.357. The molecule has 0 saturated heterocycles. The van der Waals surface area contributed by atoms with Crippen LogP contribution in [-0.4, -0.2) is 5.11 Å². The highest BCUT2D eigenvalue weighted by atomic mass is 19.1. The lowest BCUT2D eigenvalue weighted by atomic mass is 9.97. The maximum absolute atomic E-state index is 13.1. The van der Waals surface area contributed by atoms with Gasteiger partial charge in [0.05, 0.1) is 10.9 Å². The van der Waals surface area contributed by atoms with Crippen molar-refractivity contribution in [3.05, 3.63) is 64.3 Å². The van der Waals surface area contributed by atoms with Crippen LogP contribution in [0.5, 0.6) is 5.75 Å². The lowest BCUT2D eigenvalue weighted by Crippen LogP contribution is -2.10. The Morgan fingerprint density at radius 3 is 2.41 bits per heavy atom. The molecule has 112 valence electrons. The van der Waals surface area contributed by atoms with Gasteiger partial charge in [0.25, 0.3) is 0 Å². The molecule has 0 aliphatic carbocycles. The van der Waals surface area contributed by atoms with Gasteiger partial charge >= 0.3 is 0 Å². The average Bonchev–Trinajstić information content (AvgIpc) is 2.48. The number of fused-ring (bicyclic) bond motifs is 1. The molecule has 0 aliphatic heterocycles. The molecule has 0 bridgehead atoms. The van der Waals surface area contributed by atoms with E-state index in [-0.39, 0.29) is 22.9 Å². The molecule has 0 aliphatic rings. The Hall–Kier alpha value is -2.62. The van der Waals surface area contributed by atoms with Gasteiger partial charge in [-0.3, -0.25) is 4.79 Å². The Labute approximate surface area is 126 Å². The summed E-state index contributed by atoms with van der Waals surface area (Å²) >= 11 is 0. The normalized spacial score (nSPS) is 11.3. The van der Waals surface area contributed by atoms with E-state index in [1.807, 2.05) is 13.8 Å². The van der Waals surface area contributed by atoms with Gasteiger partial charge in [0.15, 0.2) is 0 Å². The number of hydrogen-bond donors (Lipinski definition) is 1. The van der Waals surface area contributed by atoms with Crippen LogP contribution in [0.4, 0.5) is 4.39 Å². The van der Waals surface area contributed by atoms with Crippen molar-refractivity contribution in [1.82, 2.24) is 0 Å². The van der Waals surface area contributed by atoms with E-state index >= 15 is 0 Å². The summed E-state index contributed by atoms with van der Waals surface area (Å²) < 4.78 is 19.0. The molecule has 0 fully saturated rings. The van der Waals surface area contributed by atoms with Gasteiger partial charge in [0, 0.05) is 12.0 Å². The van der Waals surface area contributed by atoms with Crippen molar-refractivity contribution < 1.29 is 13.9 Å². The van der Waals surface area contributed by atoms with Crippen LogP contribution in [0.25, 0.3) is 22.1 Å². The summed E-state index contributed by atoms with van der Waals surface area (Å²) in [7, 11) is 0. The zero-order chi connectivity index (χ0) is 15.9. The Kier molecular flexibility index (Phi) is 3.45. The summed E-state index contributed by atoms with van der Waals surface area (Å²) in [5.41, 5.74) is 1.22. The van der Waals surface area contributed by atoms with Crippen LogP contribution in [0.3, 0.4) is 0 Å². The number of benzene rings is 2. The van der Waals surface area contributed by atoms with E-state index in [1.165, 1.54) is 30.3 Å². The molecule has 0 saturated carbocycles. The molecule has 3 aromatic rings. The minimum Gasteiger partial charge on any atom is -0.508 e. The summed E-state index contributed by atoms with van der Waals surface area (Å²) in [6, 6.07) is 10.2. The molecular weight excluding hydrogens is 283 g/mol. The van der Waals surface area contributed by atoms with Crippen molar-refractivity contribution in [2.24, 2.45) is 0 Å². The van der Waals surface area contributed by atoms with Crippen molar-refractivity contribution in [2.75, 3.05) is 0 Å². The first-order valence-corrected chi connectivity index (χ1v) is 7.03. The monoisotopic (exact) mass is 298 g/mol. The lowest BCUT2D eigenvalue weighted by Gasteiger charge is -2.13. The minimum absolute atomic E-state index is 0.0282. The summed E-state index contributed by atoms with van der Waals surface area (Å²) in [5, 5.41) is 9.95. The van der Waals surface area contributed by atoms with Crippen molar-refractivity contribution in [2.45, 2.75) is 19.8 Å². The molecule has 0 spiro atoms. The van der Waals surface area contributed by atoms with E-state index in [2.05, 4.69) is 0 Å². The fraction of sp³-hybridized carbons (Fsp3) is 0.167. The molecule has 3 nitrogen and oxygen atoms in total. The number of phenols is 1. The second-order valence-electron chi connectivity index (χ2n) is 5.51. The number of phenolic OH excluding ortho intramolecular Hbond substituents is 1. The second-order valence-corrected chi connectivity index (χ2v) is 5.51. The third-order valence-corrected chi connectivity index (χ3v) is 3.56. The molecule has 2 aromatic carbocycles. The maximum atomic E-state index is 13.1. The number of aromatic hydroxyl groups is 1. The van der Waals surface area contributed by atoms with Crippen LogP contribution in [0.1, 0.15) is 25.5 Å². The second kappa shape index (κ2) is 5.30. The highest BCUT2D eigenvalue weighted by Gasteiger charge is 2.18. The van der Waals surface area contributed by atoms with Crippen LogP contribution < -0.4 is 5.43 Å². The summed E-state index contributed by atoms with van der Waals surface area (Å²) in [6.45, 7) is 3.83. The Morgan fingerprint density at radius 1 is 1.09 bits per heavy atom. The van der Waals surface area contributed by atoms with Crippen LogP contribution in [-0.2, 0) is 0 Å². The van der Waals surface area contributed by atoms with E-state index in [0.717, 1.165) is 0 Å². The molecule has 1 aromatic heterocycles. The van der Waals surface area contributed by atoms with Crippen molar-refractivity contribution in [3.8, 4) is 16.9 Å². The van der Waals surface area contributed by atoms with E-state index in [9.17, 15) is 14.3 Å². The standard InChI is InChI=1S/C18H15FO3/c1-10(2)18-16(11-3-5-12(19)6-4-11)17(21)14-8-7-13(20)9-15(14)22-18/h3-10,20H,1-2H3. The Balaban J connectivity index is 2.39. The quantitative estimate of drug-likeness (QED) is 0.761. The third-order valence-electron chi connectivity index (χ3n) is 3.56. The van der Waals surface area contributed by atoms with Gasteiger partial charge in [0.2, 0.25) is 5.43 Å². The van der Waals surface area contributed by atoms with Crippen molar-refractivity contribution in [3.63, 3.8) is 0 Å². The van der Waals surface area contributed by atoms with Gasteiger partial charge in [-0.15, -0.1) is 0 Å². The number of halogens is 1. The molecule has 0 amide bonds. The molecule has 0 atom stereocenters. The zero-order valence-corrected chi connectivity index (χ0v) is 12.3. The predicted octanol–water partition coefficient (Wildman–Crippen LogP) is 4.43. The molecule has 4 heteroatoms. The van der Waals surface area contributed by atoms with Crippen molar-refractivity contribution >= 4 is 11.0 Å². The van der Waals surface area contributed by atoms with Crippen molar-refractivity contribution in [1.29, 1.82) is 0 Å². The van der Waals surface area contributed by atoms with Gasteiger partial charge in [-0.05, 0) is 29.8 Å². The zero-order valence-electron chi connectivity index (χ0n) is 12.3. The lowest BCUT2D eigenvalue weighted by molar-refractivity contribution is 0.470. The average molecular weight is 298 g/mol. The maximum Gasteiger partial charge on any atom is 0.200 e. The van der Waals surface area contributed by atoms with Gasteiger partial charge in [0.1, 0.15) is 22.9 Å². The topological polar surface area (TPSA) is 50.4 Å². The van der Waals surface area contributed by atoms with Gasteiger partial charge in [-0.2, -0.15) is 0 Å². The molecule has 1 heterocycles. The van der Waals surface area contributed by atoms with Crippen LogP contribution in [0, 0.1) is 5.82 Å². The molecule has 3 rings (SSSR count). The molecule has 1 N–H and O–H groups in total. The summed E-state index contributed by atoms with van der Waals surface area (Å²) in [6.07, 6.45) is 0. The Bertz CT molecular complexity index is 893. The van der Waals surface area contributed by atoms with E-state index in [0.29, 0.717) is 27.9 Å². The largest absolute Gasteiger partial charge is 0.508 e. The van der Waals surface area contributed by atoms with Gasteiger partial charge in [-0.1, -0.05) is 26.0 Å². The van der Waals surface area contributed by atoms with Gasteiger partial charge < -0.3 is 9.52 Å². The molecule has 0 radical (unpaired) electrons. The Morgan fingerprint density at radius 2 is 1.77 bits per heavy atom. The molecule has 0 unspecified atom stereocenters. The highest BCUT2D eigenvalue weighted by Crippen LogP contribution is 2.30. The van der Waals surface area contributed by atoms with Crippen LogP contribution in [0.15, 0.2) is 51.7 Å². The fourth-order valence-corrected chi connectivity index (χ4v) is 2.50. The highest BCUT2D eigenvalue weighted by molar-refractivity contribution is 5.84. The number of rotatable bonds is 2. The first kappa shape index (κ1) is 14.3. The van der Waals surface area contributed by atoms with Crippen LogP contribution >= 0.6 is 0 Å². The molecule has 22 heavy (non-hydrogen) atoms. The first-order valence-electron chi connectivity index (χ1n) is 7.03. The molecular formula is C18H15FO3. The van der Waals surface area contributed by atoms with Gasteiger partial charge in [-0.25, -0.2) is 4.39 Å². The van der Waals surface area contributed by atoms with E-state index in [1.54, 1.807) is 12.1 Å². The number of hydrogen-bond acceptors (Lipinski definition) is 3. The smallest absolute Gasteiger partial charge is 0.200 e. The predicted molar refractivity (Wildman–Crippen MR) is 83.6 cm³/mol. The van der Waals surface area contributed by atoms with E-state index in [4.69, 9.17) is 4.42 Å². The third kappa shape index (κ3) is 2.37. The first-order chi connectivity index (χ1) is 10.5. The van der Waals surface area contributed by atoms with E-state index < -0.39 is 0 Å². The van der Waals surface area contributed by atoms with Crippen LogP contribution in [0.2, 0.25) is 0 Å².